The van der Waals surface area contributed by atoms with Crippen LogP contribution in [0.3, 0.4) is 0 Å². The van der Waals surface area contributed by atoms with E-state index in [2.05, 4.69) is 10.3 Å². The van der Waals surface area contributed by atoms with Crippen LogP contribution in [0.4, 0.5) is 13.2 Å². The first kappa shape index (κ1) is 22.9. The summed E-state index contributed by atoms with van der Waals surface area (Å²) in [6, 6.07) is 2.12. The Balaban J connectivity index is 1.44. The Morgan fingerprint density at radius 3 is 2.75 bits per heavy atom. The van der Waals surface area contributed by atoms with Crippen LogP contribution < -0.4 is 10.9 Å². The molecule has 0 amide bonds. The number of nitrogens with zero attached hydrogens (tertiary/aromatic N) is 2. The fraction of sp³-hybridized carbons (Fsp3) is 0.478. The van der Waals surface area contributed by atoms with Crippen molar-refractivity contribution in [1.29, 1.82) is 0 Å². The van der Waals surface area contributed by atoms with Crippen molar-refractivity contribution < 1.29 is 17.9 Å². The smallest absolute Gasteiger partial charge is 0.262 e. The number of benzene rings is 1. The molecule has 0 spiro atoms. The second-order valence-corrected chi connectivity index (χ2v) is 9.48. The molecule has 1 aliphatic carbocycles. The molecule has 0 saturated heterocycles. The van der Waals surface area contributed by atoms with Gasteiger partial charge in [0.2, 0.25) is 0 Å². The summed E-state index contributed by atoms with van der Waals surface area (Å²) in [6.07, 6.45) is 4.75. The van der Waals surface area contributed by atoms with E-state index in [0.29, 0.717) is 30.5 Å². The second kappa shape index (κ2) is 9.72. The highest BCUT2D eigenvalue weighted by atomic mass is 32.1. The van der Waals surface area contributed by atoms with Crippen LogP contribution in [-0.2, 0) is 30.7 Å². The molecule has 2 aromatic heterocycles. The zero-order valence-corrected chi connectivity index (χ0v) is 18.9. The van der Waals surface area contributed by atoms with Crippen LogP contribution in [0.25, 0.3) is 10.2 Å². The summed E-state index contributed by atoms with van der Waals surface area (Å²) in [5.74, 6) is -3.82. The molecule has 1 aromatic carbocycles. The number of fused-ring (bicyclic) bond motifs is 3. The summed E-state index contributed by atoms with van der Waals surface area (Å²) in [6.45, 7) is 5.36. The van der Waals surface area contributed by atoms with Crippen molar-refractivity contribution in [3.05, 3.63) is 62.3 Å². The predicted octanol–water partition coefficient (Wildman–Crippen LogP) is 4.34. The van der Waals surface area contributed by atoms with Gasteiger partial charge in [0.25, 0.3) is 5.56 Å². The van der Waals surface area contributed by atoms with E-state index in [1.807, 2.05) is 13.8 Å². The molecular formula is C23H26F3N3O2S. The zero-order chi connectivity index (χ0) is 22.8. The van der Waals surface area contributed by atoms with E-state index in [9.17, 15) is 18.0 Å². The number of hydrogen-bond acceptors (Lipinski definition) is 5. The molecule has 0 radical (unpaired) electrons. The first-order valence-electron chi connectivity index (χ1n) is 10.8. The Morgan fingerprint density at radius 2 is 2.03 bits per heavy atom. The van der Waals surface area contributed by atoms with Gasteiger partial charge in [0, 0.05) is 30.6 Å². The van der Waals surface area contributed by atoms with Crippen LogP contribution in [0, 0.1) is 17.5 Å². The molecule has 5 nitrogen and oxygen atoms in total. The van der Waals surface area contributed by atoms with E-state index in [4.69, 9.17) is 4.74 Å². The van der Waals surface area contributed by atoms with Crippen LogP contribution in [0.15, 0.2) is 23.3 Å². The SMILES string of the molecule is CC(C)OCCCn1cnc2sc3c(c2c1=O)CCC(NCc1cc(F)c(F)c(F)c1)C3. The van der Waals surface area contributed by atoms with E-state index in [1.165, 1.54) is 11.3 Å². The molecule has 1 unspecified atom stereocenters. The number of ether oxygens (including phenoxy) is 1. The summed E-state index contributed by atoms with van der Waals surface area (Å²) in [7, 11) is 0. The molecular weight excluding hydrogens is 439 g/mol. The van der Waals surface area contributed by atoms with Gasteiger partial charge in [0.15, 0.2) is 17.5 Å². The van der Waals surface area contributed by atoms with Gasteiger partial charge in [-0.05, 0) is 62.8 Å². The van der Waals surface area contributed by atoms with Crippen molar-refractivity contribution in [2.45, 2.75) is 64.8 Å². The lowest BCUT2D eigenvalue weighted by molar-refractivity contribution is 0.0747. The Labute approximate surface area is 188 Å². The Morgan fingerprint density at radius 1 is 1.28 bits per heavy atom. The lowest BCUT2D eigenvalue weighted by Gasteiger charge is -2.23. The van der Waals surface area contributed by atoms with Gasteiger partial charge in [-0.25, -0.2) is 18.2 Å². The highest BCUT2D eigenvalue weighted by Crippen LogP contribution is 2.33. The van der Waals surface area contributed by atoms with Crippen molar-refractivity contribution >= 4 is 21.6 Å². The Kier molecular flexibility index (Phi) is 6.97. The van der Waals surface area contributed by atoms with Crippen LogP contribution in [-0.4, -0.2) is 28.3 Å². The van der Waals surface area contributed by atoms with Crippen molar-refractivity contribution in [2.75, 3.05) is 6.61 Å². The third-order valence-electron chi connectivity index (χ3n) is 5.67. The number of rotatable bonds is 8. The van der Waals surface area contributed by atoms with Crippen molar-refractivity contribution in [3.8, 4) is 0 Å². The zero-order valence-electron chi connectivity index (χ0n) is 18.1. The molecule has 0 aliphatic heterocycles. The minimum atomic E-state index is -1.45. The molecule has 0 saturated carbocycles. The average Bonchev–Trinajstić information content (AvgIpc) is 3.13. The lowest BCUT2D eigenvalue weighted by Crippen LogP contribution is -2.34. The summed E-state index contributed by atoms with van der Waals surface area (Å²) < 4.78 is 47.2. The summed E-state index contributed by atoms with van der Waals surface area (Å²) in [4.78, 5) is 19.4. The summed E-state index contributed by atoms with van der Waals surface area (Å²) in [5.41, 5.74) is 1.41. The molecule has 9 heteroatoms. The second-order valence-electron chi connectivity index (χ2n) is 8.39. The normalized spacial score (nSPS) is 16.1. The largest absolute Gasteiger partial charge is 0.379 e. The van der Waals surface area contributed by atoms with Gasteiger partial charge in [0.1, 0.15) is 4.83 Å². The molecule has 0 fully saturated rings. The number of halogens is 3. The number of thiophene rings is 1. The van der Waals surface area contributed by atoms with Gasteiger partial charge in [-0.2, -0.15) is 0 Å². The highest BCUT2D eigenvalue weighted by Gasteiger charge is 2.25. The van der Waals surface area contributed by atoms with Crippen molar-refractivity contribution in [1.82, 2.24) is 14.9 Å². The monoisotopic (exact) mass is 465 g/mol. The molecule has 3 aromatic rings. The minimum absolute atomic E-state index is 0.0132. The number of nitrogens with one attached hydrogen (secondary N) is 1. The molecule has 32 heavy (non-hydrogen) atoms. The van der Waals surface area contributed by atoms with Gasteiger partial charge in [-0.15, -0.1) is 11.3 Å². The van der Waals surface area contributed by atoms with E-state index in [-0.39, 0.29) is 24.2 Å². The van der Waals surface area contributed by atoms with Crippen LogP contribution in [0.2, 0.25) is 0 Å². The first-order valence-corrected chi connectivity index (χ1v) is 11.6. The summed E-state index contributed by atoms with van der Waals surface area (Å²) in [5, 5.41) is 4.01. The molecule has 1 N–H and O–H groups in total. The summed E-state index contributed by atoms with van der Waals surface area (Å²) >= 11 is 1.53. The van der Waals surface area contributed by atoms with E-state index < -0.39 is 17.5 Å². The van der Waals surface area contributed by atoms with Gasteiger partial charge in [0.05, 0.1) is 17.8 Å². The molecule has 0 bridgehead atoms. The molecule has 172 valence electrons. The predicted molar refractivity (Wildman–Crippen MR) is 119 cm³/mol. The fourth-order valence-corrected chi connectivity index (χ4v) is 5.32. The quantitative estimate of drug-likeness (QED) is 0.397. The number of aromatic nitrogens is 2. The van der Waals surface area contributed by atoms with Gasteiger partial charge < -0.3 is 10.1 Å². The Bertz CT molecular complexity index is 1150. The molecule has 4 rings (SSSR count). The van der Waals surface area contributed by atoms with Gasteiger partial charge in [-0.1, -0.05) is 0 Å². The minimum Gasteiger partial charge on any atom is -0.379 e. The number of aryl methyl sites for hydroxylation is 2. The van der Waals surface area contributed by atoms with E-state index >= 15 is 0 Å². The van der Waals surface area contributed by atoms with Crippen LogP contribution in [0.1, 0.15) is 42.7 Å². The Hall–Kier alpha value is -2.23. The van der Waals surface area contributed by atoms with Crippen LogP contribution >= 0.6 is 11.3 Å². The van der Waals surface area contributed by atoms with E-state index in [1.54, 1.807) is 10.9 Å². The molecule has 1 aliphatic rings. The maximum Gasteiger partial charge on any atom is 0.262 e. The van der Waals surface area contributed by atoms with Gasteiger partial charge in [-0.3, -0.25) is 9.36 Å². The fourth-order valence-electron chi connectivity index (χ4n) is 4.06. The van der Waals surface area contributed by atoms with Gasteiger partial charge >= 0.3 is 0 Å². The standard InChI is InChI=1S/C23H26F3N3O2S/c1-13(2)31-7-3-6-29-12-28-22-20(23(29)30)16-5-4-15(10-19(16)32-22)27-11-14-8-17(24)21(26)18(25)9-14/h8-9,12-13,15,27H,3-7,10-11H2,1-2H3. The molecule has 2 heterocycles. The lowest BCUT2D eigenvalue weighted by atomic mass is 9.93. The van der Waals surface area contributed by atoms with Crippen molar-refractivity contribution in [2.24, 2.45) is 0 Å². The average molecular weight is 466 g/mol. The third-order valence-corrected chi connectivity index (χ3v) is 6.83. The van der Waals surface area contributed by atoms with Crippen molar-refractivity contribution in [3.63, 3.8) is 0 Å². The first-order chi connectivity index (χ1) is 15.3. The van der Waals surface area contributed by atoms with E-state index in [0.717, 1.165) is 46.7 Å². The van der Waals surface area contributed by atoms with Crippen LogP contribution in [0.5, 0.6) is 0 Å². The number of hydrogen-bond donors (Lipinski definition) is 1. The third kappa shape index (κ3) is 4.89. The maximum absolute atomic E-state index is 13.4. The maximum atomic E-state index is 13.4. The topological polar surface area (TPSA) is 56.2 Å². The highest BCUT2D eigenvalue weighted by molar-refractivity contribution is 7.18. The molecule has 1 atom stereocenters.